The quantitative estimate of drug-likeness (QED) is 0.722. The number of carbonyl (C=O) groups is 1. The van der Waals surface area contributed by atoms with Gasteiger partial charge in [0.2, 0.25) is 5.91 Å². The minimum atomic E-state index is -0.345. The lowest BCUT2D eigenvalue weighted by Gasteiger charge is -2.20. The van der Waals surface area contributed by atoms with Gasteiger partial charge in [-0.3, -0.25) is 4.79 Å². The van der Waals surface area contributed by atoms with E-state index in [4.69, 9.17) is 5.73 Å². The Morgan fingerprint density at radius 2 is 2.25 bits per heavy atom. The van der Waals surface area contributed by atoms with Crippen LogP contribution in [0.1, 0.15) is 33.6 Å². The van der Waals surface area contributed by atoms with Crippen LogP contribution >= 0.6 is 0 Å². The molecular weight excluding hydrogens is 202 g/mol. The number of nitrogens with two attached hydrogens (primary N) is 1. The molecule has 0 spiro atoms. The molecule has 94 valence electrons. The lowest BCUT2D eigenvalue weighted by molar-refractivity contribution is -0.122. The molecule has 2 atom stereocenters. The number of nitrogens with zero attached hydrogens (tertiary/aromatic N) is 1. The molecular formula is C12H25N3O. The van der Waals surface area contributed by atoms with Crippen molar-refractivity contribution in [1.82, 2.24) is 10.2 Å². The molecule has 1 aliphatic heterocycles. The average molecular weight is 227 g/mol. The standard InChI is InChI=1S/C12H25N3O/c1-4-11(13)12(16)14-7-10-5-6-15(8-10)9(2)3/h9-11H,4-8,13H2,1-3H3,(H,14,16)/t10?,11-/m0/s1. The summed E-state index contributed by atoms with van der Waals surface area (Å²) in [6, 6.07) is 0.265. The molecule has 0 saturated carbocycles. The van der Waals surface area contributed by atoms with Gasteiger partial charge in [0, 0.05) is 19.1 Å². The Morgan fingerprint density at radius 3 is 2.75 bits per heavy atom. The summed E-state index contributed by atoms with van der Waals surface area (Å²) in [5, 5.41) is 2.94. The molecule has 1 unspecified atom stereocenters. The molecule has 1 amide bonds. The fourth-order valence-corrected chi connectivity index (χ4v) is 2.06. The number of amides is 1. The van der Waals surface area contributed by atoms with Crippen LogP contribution in [0.25, 0.3) is 0 Å². The van der Waals surface area contributed by atoms with E-state index in [9.17, 15) is 4.79 Å². The number of rotatable bonds is 5. The van der Waals surface area contributed by atoms with Crippen LogP contribution in [0.15, 0.2) is 0 Å². The zero-order chi connectivity index (χ0) is 12.1. The van der Waals surface area contributed by atoms with Crippen LogP contribution in [0.3, 0.4) is 0 Å². The third-order valence-electron chi connectivity index (χ3n) is 3.39. The highest BCUT2D eigenvalue weighted by atomic mass is 16.2. The molecule has 3 N–H and O–H groups in total. The lowest BCUT2D eigenvalue weighted by atomic mass is 10.1. The number of hydrogen-bond acceptors (Lipinski definition) is 3. The van der Waals surface area contributed by atoms with Crippen LogP contribution in [0.5, 0.6) is 0 Å². The highest BCUT2D eigenvalue weighted by molar-refractivity contribution is 5.81. The van der Waals surface area contributed by atoms with Gasteiger partial charge in [0.05, 0.1) is 6.04 Å². The number of likely N-dealkylation sites (tertiary alicyclic amines) is 1. The molecule has 0 radical (unpaired) electrons. The predicted octanol–water partition coefficient (Wildman–Crippen LogP) is 0.570. The van der Waals surface area contributed by atoms with Gasteiger partial charge in [0.25, 0.3) is 0 Å². The van der Waals surface area contributed by atoms with E-state index in [0.29, 0.717) is 18.4 Å². The minimum absolute atomic E-state index is 0.00880. The molecule has 1 rings (SSSR count). The molecule has 1 heterocycles. The summed E-state index contributed by atoms with van der Waals surface area (Å²) in [6.07, 6.45) is 1.88. The predicted molar refractivity (Wildman–Crippen MR) is 66.1 cm³/mol. The number of nitrogens with one attached hydrogen (secondary N) is 1. The van der Waals surface area contributed by atoms with Gasteiger partial charge < -0.3 is 16.0 Å². The second-order valence-electron chi connectivity index (χ2n) is 5.00. The lowest BCUT2D eigenvalue weighted by Crippen LogP contribution is -2.42. The van der Waals surface area contributed by atoms with Crippen molar-refractivity contribution in [1.29, 1.82) is 0 Å². The van der Waals surface area contributed by atoms with Crippen LogP contribution in [-0.4, -0.2) is 42.5 Å². The third kappa shape index (κ3) is 3.76. The first-order valence-corrected chi connectivity index (χ1v) is 6.32. The molecule has 1 aliphatic rings. The third-order valence-corrected chi connectivity index (χ3v) is 3.39. The fourth-order valence-electron chi connectivity index (χ4n) is 2.06. The van der Waals surface area contributed by atoms with Gasteiger partial charge in [-0.1, -0.05) is 6.92 Å². The van der Waals surface area contributed by atoms with E-state index in [1.165, 1.54) is 6.42 Å². The topological polar surface area (TPSA) is 58.4 Å². The van der Waals surface area contributed by atoms with Crippen LogP contribution < -0.4 is 11.1 Å². The van der Waals surface area contributed by atoms with Crippen LogP contribution in [0.2, 0.25) is 0 Å². The van der Waals surface area contributed by atoms with Crippen LogP contribution in [-0.2, 0) is 4.79 Å². The summed E-state index contributed by atoms with van der Waals surface area (Å²) in [4.78, 5) is 14.0. The summed E-state index contributed by atoms with van der Waals surface area (Å²) in [5.74, 6) is 0.584. The van der Waals surface area contributed by atoms with E-state index in [1.807, 2.05) is 6.92 Å². The highest BCUT2D eigenvalue weighted by Gasteiger charge is 2.24. The molecule has 0 aromatic carbocycles. The van der Waals surface area contributed by atoms with E-state index in [0.717, 1.165) is 19.6 Å². The van der Waals surface area contributed by atoms with Crippen molar-refractivity contribution in [2.24, 2.45) is 11.7 Å². The Bertz CT molecular complexity index is 230. The molecule has 4 nitrogen and oxygen atoms in total. The maximum Gasteiger partial charge on any atom is 0.236 e. The fraction of sp³-hybridized carbons (Fsp3) is 0.917. The Labute approximate surface area is 98.6 Å². The van der Waals surface area contributed by atoms with Crippen molar-refractivity contribution >= 4 is 5.91 Å². The monoisotopic (exact) mass is 227 g/mol. The summed E-state index contributed by atoms with van der Waals surface area (Å²) in [6.45, 7) is 9.38. The summed E-state index contributed by atoms with van der Waals surface area (Å²) >= 11 is 0. The first-order valence-electron chi connectivity index (χ1n) is 6.32. The molecule has 0 aromatic heterocycles. The molecule has 0 aromatic rings. The maximum absolute atomic E-state index is 11.5. The Morgan fingerprint density at radius 1 is 1.56 bits per heavy atom. The molecule has 1 fully saturated rings. The van der Waals surface area contributed by atoms with E-state index in [-0.39, 0.29) is 11.9 Å². The van der Waals surface area contributed by atoms with Gasteiger partial charge in [-0.25, -0.2) is 0 Å². The van der Waals surface area contributed by atoms with Crippen LogP contribution in [0.4, 0.5) is 0 Å². The molecule has 0 aliphatic carbocycles. The molecule has 16 heavy (non-hydrogen) atoms. The zero-order valence-electron chi connectivity index (χ0n) is 10.7. The maximum atomic E-state index is 11.5. The van der Waals surface area contributed by atoms with Gasteiger partial charge in [0.15, 0.2) is 0 Å². The largest absolute Gasteiger partial charge is 0.354 e. The van der Waals surface area contributed by atoms with Crippen molar-refractivity contribution in [3.8, 4) is 0 Å². The second kappa shape index (κ2) is 6.21. The van der Waals surface area contributed by atoms with Gasteiger partial charge >= 0.3 is 0 Å². The van der Waals surface area contributed by atoms with E-state index in [1.54, 1.807) is 0 Å². The van der Waals surface area contributed by atoms with Crippen molar-refractivity contribution in [2.45, 2.75) is 45.7 Å². The van der Waals surface area contributed by atoms with E-state index >= 15 is 0 Å². The van der Waals surface area contributed by atoms with Gasteiger partial charge in [-0.05, 0) is 39.2 Å². The number of carbonyl (C=O) groups excluding carboxylic acids is 1. The SMILES string of the molecule is CC[C@H](N)C(=O)NCC1CCN(C(C)C)C1. The second-order valence-corrected chi connectivity index (χ2v) is 5.00. The normalized spacial score (nSPS) is 23.7. The Kier molecular flexibility index (Phi) is 5.22. The number of hydrogen-bond donors (Lipinski definition) is 2. The van der Waals surface area contributed by atoms with E-state index in [2.05, 4.69) is 24.1 Å². The smallest absolute Gasteiger partial charge is 0.236 e. The van der Waals surface area contributed by atoms with Crippen molar-refractivity contribution in [2.75, 3.05) is 19.6 Å². The molecule has 0 bridgehead atoms. The average Bonchev–Trinajstić information content (AvgIpc) is 2.73. The van der Waals surface area contributed by atoms with Gasteiger partial charge in [-0.2, -0.15) is 0 Å². The molecule has 4 heteroatoms. The van der Waals surface area contributed by atoms with E-state index < -0.39 is 0 Å². The summed E-state index contributed by atoms with van der Waals surface area (Å²) < 4.78 is 0. The highest BCUT2D eigenvalue weighted by Crippen LogP contribution is 2.17. The first kappa shape index (κ1) is 13.5. The van der Waals surface area contributed by atoms with Gasteiger partial charge in [0.1, 0.15) is 0 Å². The zero-order valence-corrected chi connectivity index (χ0v) is 10.7. The summed E-state index contributed by atoms with van der Waals surface area (Å²) in [5.41, 5.74) is 5.65. The van der Waals surface area contributed by atoms with Crippen LogP contribution in [0, 0.1) is 5.92 Å². The van der Waals surface area contributed by atoms with Crippen molar-refractivity contribution < 1.29 is 4.79 Å². The Balaban J connectivity index is 2.22. The molecule has 1 saturated heterocycles. The van der Waals surface area contributed by atoms with Crippen molar-refractivity contribution in [3.63, 3.8) is 0 Å². The first-order chi connectivity index (χ1) is 7.54. The minimum Gasteiger partial charge on any atom is -0.354 e. The Hall–Kier alpha value is -0.610. The van der Waals surface area contributed by atoms with Gasteiger partial charge in [-0.15, -0.1) is 0 Å². The van der Waals surface area contributed by atoms with Crippen molar-refractivity contribution in [3.05, 3.63) is 0 Å². The summed E-state index contributed by atoms with van der Waals surface area (Å²) in [7, 11) is 0.